The fourth-order valence-corrected chi connectivity index (χ4v) is 1.80. The van der Waals surface area contributed by atoms with Crippen LogP contribution in [0.2, 0.25) is 0 Å². The van der Waals surface area contributed by atoms with Gasteiger partial charge in [0.15, 0.2) is 11.6 Å². The van der Waals surface area contributed by atoms with Gasteiger partial charge in [-0.1, -0.05) is 0 Å². The van der Waals surface area contributed by atoms with Crippen LogP contribution in [0.3, 0.4) is 0 Å². The van der Waals surface area contributed by atoms with Crippen molar-refractivity contribution in [3.05, 3.63) is 17.9 Å². The van der Waals surface area contributed by atoms with Gasteiger partial charge in [0.2, 0.25) is 0 Å². The number of rotatable bonds is 7. The minimum absolute atomic E-state index is 0.196. The predicted octanol–water partition coefficient (Wildman–Crippen LogP) is 2.02. The number of hydrogen-bond acceptors (Lipinski definition) is 4. The molecule has 4 nitrogen and oxygen atoms in total. The molecule has 1 rings (SSSR count). The van der Waals surface area contributed by atoms with Gasteiger partial charge >= 0.3 is 0 Å². The van der Waals surface area contributed by atoms with Gasteiger partial charge in [0.25, 0.3) is 0 Å². The van der Waals surface area contributed by atoms with Gasteiger partial charge in [0, 0.05) is 32.3 Å². The van der Waals surface area contributed by atoms with Crippen LogP contribution in [0.1, 0.15) is 19.3 Å². The van der Waals surface area contributed by atoms with E-state index in [2.05, 4.69) is 0 Å². The molecule has 0 amide bonds. The van der Waals surface area contributed by atoms with E-state index in [-0.39, 0.29) is 12.4 Å². The normalized spacial score (nSPS) is 10.4. The maximum absolute atomic E-state index is 13.4. The minimum atomic E-state index is -0.451. The summed E-state index contributed by atoms with van der Waals surface area (Å²) >= 11 is 0. The summed E-state index contributed by atoms with van der Waals surface area (Å²) in [6, 6.07) is 2.88. The Labute approximate surface area is 107 Å². The monoisotopic (exact) mass is 256 g/mol. The largest absolute Gasteiger partial charge is 0.494 e. The van der Waals surface area contributed by atoms with Crippen molar-refractivity contribution in [2.75, 3.05) is 37.9 Å². The van der Waals surface area contributed by atoms with Gasteiger partial charge in [-0.3, -0.25) is 0 Å². The summed E-state index contributed by atoms with van der Waals surface area (Å²) < 4.78 is 18.3. The Kier molecular flexibility index (Phi) is 5.71. The lowest BCUT2D eigenvalue weighted by atomic mass is 10.2. The number of anilines is 2. The Bertz CT molecular complexity index is 385. The van der Waals surface area contributed by atoms with Gasteiger partial charge in [-0.05, 0) is 19.3 Å². The third kappa shape index (κ3) is 3.77. The summed E-state index contributed by atoms with van der Waals surface area (Å²) in [5, 5.41) is 8.70. The Morgan fingerprint density at radius 3 is 2.67 bits per heavy atom. The summed E-state index contributed by atoms with van der Waals surface area (Å²) in [6.07, 6.45) is 2.71. The van der Waals surface area contributed by atoms with Crippen LogP contribution in [0.25, 0.3) is 0 Å². The second kappa shape index (κ2) is 7.06. The van der Waals surface area contributed by atoms with E-state index in [1.165, 1.54) is 13.2 Å². The predicted molar refractivity (Wildman–Crippen MR) is 71.6 cm³/mol. The number of nitrogens with two attached hydrogens (primary N) is 1. The molecule has 1 aromatic rings. The molecule has 1 aromatic carbocycles. The molecule has 102 valence electrons. The third-order valence-corrected chi connectivity index (χ3v) is 2.86. The fraction of sp³-hybridized carbons (Fsp3) is 0.538. The van der Waals surface area contributed by atoms with Crippen LogP contribution in [0.15, 0.2) is 12.1 Å². The van der Waals surface area contributed by atoms with Crippen molar-refractivity contribution in [1.82, 2.24) is 0 Å². The lowest BCUT2D eigenvalue weighted by Crippen LogP contribution is -2.20. The molecule has 0 spiro atoms. The van der Waals surface area contributed by atoms with E-state index in [0.29, 0.717) is 5.69 Å². The first-order chi connectivity index (χ1) is 8.60. The highest BCUT2D eigenvalue weighted by Gasteiger charge is 2.11. The number of ether oxygens (including phenoxy) is 1. The highest BCUT2D eigenvalue weighted by Crippen LogP contribution is 2.30. The van der Waals surface area contributed by atoms with Crippen molar-refractivity contribution in [3.8, 4) is 5.75 Å². The highest BCUT2D eigenvalue weighted by molar-refractivity contribution is 5.69. The van der Waals surface area contributed by atoms with E-state index in [9.17, 15) is 4.39 Å². The second-order valence-electron chi connectivity index (χ2n) is 4.25. The molecule has 0 radical (unpaired) electrons. The molecule has 0 fully saturated rings. The third-order valence-electron chi connectivity index (χ3n) is 2.86. The standard InChI is InChI=1S/C13H21FN2O2/c1-16(6-4-3-5-7-17)12-9-13(18-2)10(14)8-11(12)15/h8-9,17H,3-7,15H2,1-2H3. The van der Waals surface area contributed by atoms with Crippen LogP contribution in [-0.2, 0) is 0 Å². The zero-order chi connectivity index (χ0) is 13.5. The number of aliphatic hydroxyl groups is 1. The van der Waals surface area contributed by atoms with Gasteiger partial charge in [-0.15, -0.1) is 0 Å². The molecule has 0 aliphatic carbocycles. The highest BCUT2D eigenvalue weighted by atomic mass is 19.1. The molecule has 0 saturated heterocycles. The van der Waals surface area contributed by atoms with Crippen LogP contribution in [0, 0.1) is 5.82 Å². The van der Waals surface area contributed by atoms with E-state index in [1.807, 2.05) is 11.9 Å². The zero-order valence-corrected chi connectivity index (χ0v) is 10.9. The maximum Gasteiger partial charge on any atom is 0.167 e. The van der Waals surface area contributed by atoms with Crippen LogP contribution in [-0.4, -0.2) is 32.4 Å². The molecule has 0 bridgehead atoms. The summed E-state index contributed by atoms with van der Waals surface area (Å²) in [7, 11) is 3.33. The molecule has 0 heterocycles. The molecule has 5 heteroatoms. The average molecular weight is 256 g/mol. The molecule has 0 aliphatic rings. The van der Waals surface area contributed by atoms with Gasteiger partial charge in [-0.25, -0.2) is 4.39 Å². The van der Waals surface area contributed by atoms with E-state index < -0.39 is 5.82 Å². The van der Waals surface area contributed by atoms with Gasteiger partial charge in [0.1, 0.15) is 0 Å². The first-order valence-electron chi connectivity index (χ1n) is 6.05. The topological polar surface area (TPSA) is 58.7 Å². The summed E-state index contributed by atoms with van der Waals surface area (Å²) in [6.45, 7) is 1.02. The molecule has 18 heavy (non-hydrogen) atoms. The van der Waals surface area contributed by atoms with Crippen molar-refractivity contribution >= 4 is 11.4 Å². The Morgan fingerprint density at radius 1 is 1.33 bits per heavy atom. The van der Waals surface area contributed by atoms with Crippen molar-refractivity contribution in [2.24, 2.45) is 0 Å². The number of methoxy groups -OCH3 is 1. The molecule has 0 aliphatic heterocycles. The number of nitrogen functional groups attached to an aromatic ring is 1. The minimum Gasteiger partial charge on any atom is -0.494 e. The summed E-state index contributed by atoms with van der Waals surface area (Å²) in [5.41, 5.74) is 6.96. The first-order valence-corrected chi connectivity index (χ1v) is 6.05. The molecule has 0 atom stereocenters. The average Bonchev–Trinajstić information content (AvgIpc) is 2.34. The second-order valence-corrected chi connectivity index (χ2v) is 4.25. The van der Waals surface area contributed by atoms with Crippen LogP contribution in [0.5, 0.6) is 5.75 Å². The number of hydrogen-bond donors (Lipinski definition) is 2. The smallest absolute Gasteiger partial charge is 0.167 e. The van der Waals surface area contributed by atoms with E-state index in [0.717, 1.165) is 31.5 Å². The quantitative estimate of drug-likeness (QED) is 0.579. The molecule has 3 N–H and O–H groups in total. The molecule has 0 aromatic heterocycles. The Morgan fingerprint density at radius 2 is 2.06 bits per heavy atom. The number of nitrogens with zero attached hydrogens (tertiary/aromatic N) is 1. The van der Waals surface area contributed by atoms with Crippen LogP contribution >= 0.6 is 0 Å². The van der Waals surface area contributed by atoms with Crippen LogP contribution < -0.4 is 15.4 Å². The van der Waals surface area contributed by atoms with Crippen LogP contribution in [0.4, 0.5) is 15.8 Å². The van der Waals surface area contributed by atoms with Crippen molar-refractivity contribution < 1.29 is 14.2 Å². The first kappa shape index (κ1) is 14.6. The number of benzene rings is 1. The van der Waals surface area contributed by atoms with Gasteiger partial charge in [0.05, 0.1) is 18.5 Å². The van der Waals surface area contributed by atoms with E-state index >= 15 is 0 Å². The van der Waals surface area contributed by atoms with Gasteiger partial charge in [-0.2, -0.15) is 0 Å². The lowest BCUT2D eigenvalue weighted by molar-refractivity contribution is 0.283. The fourth-order valence-electron chi connectivity index (χ4n) is 1.80. The molecular weight excluding hydrogens is 235 g/mol. The zero-order valence-electron chi connectivity index (χ0n) is 10.9. The number of aliphatic hydroxyl groups excluding tert-OH is 1. The molecule has 0 unspecified atom stereocenters. The lowest BCUT2D eigenvalue weighted by Gasteiger charge is -2.22. The van der Waals surface area contributed by atoms with Crippen molar-refractivity contribution in [2.45, 2.75) is 19.3 Å². The summed E-state index contributed by atoms with van der Waals surface area (Å²) in [4.78, 5) is 1.97. The molecular formula is C13H21FN2O2. The maximum atomic E-state index is 13.4. The van der Waals surface area contributed by atoms with E-state index in [1.54, 1.807) is 6.07 Å². The Hall–Kier alpha value is -1.49. The van der Waals surface area contributed by atoms with Gasteiger partial charge < -0.3 is 20.5 Å². The Balaban J connectivity index is 2.69. The molecule has 0 saturated carbocycles. The SMILES string of the molecule is COc1cc(N(C)CCCCCO)c(N)cc1F. The van der Waals surface area contributed by atoms with Crippen molar-refractivity contribution in [3.63, 3.8) is 0 Å². The van der Waals surface area contributed by atoms with E-state index in [4.69, 9.17) is 15.6 Å². The summed E-state index contributed by atoms with van der Waals surface area (Å²) in [5.74, 6) is -0.256. The van der Waals surface area contributed by atoms with Crippen molar-refractivity contribution in [1.29, 1.82) is 0 Å². The number of halogens is 1. The number of unbranched alkanes of at least 4 members (excludes halogenated alkanes) is 2.